The summed E-state index contributed by atoms with van der Waals surface area (Å²) in [7, 11) is -4.40. The number of hydrogen-bond acceptors (Lipinski definition) is 8. The van der Waals surface area contributed by atoms with Gasteiger partial charge in [0.05, 0.1) is 17.5 Å². The van der Waals surface area contributed by atoms with Crippen LogP contribution in [0.4, 0.5) is 4.79 Å². The van der Waals surface area contributed by atoms with Crippen molar-refractivity contribution in [2.75, 3.05) is 6.16 Å². The van der Waals surface area contributed by atoms with Gasteiger partial charge in [0.25, 0.3) is 0 Å². The summed E-state index contributed by atoms with van der Waals surface area (Å²) >= 11 is 0. The molecule has 2 unspecified atom stereocenters. The summed E-state index contributed by atoms with van der Waals surface area (Å²) in [5.74, 6) is -4.61. The predicted octanol–water partition coefficient (Wildman–Crippen LogP) is 3.37. The normalized spacial score (nSPS) is 14.3. The summed E-state index contributed by atoms with van der Waals surface area (Å²) in [6.07, 6.45) is 2.50. The molecule has 0 aliphatic heterocycles. The Labute approximate surface area is 277 Å². The summed E-state index contributed by atoms with van der Waals surface area (Å²) < 4.78 is 18.4. The van der Waals surface area contributed by atoms with Gasteiger partial charge in [0.2, 0.25) is 19.2 Å². The number of aromatic amines is 1. The van der Waals surface area contributed by atoms with E-state index in [4.69, 9.17) is 4.74 Å². The lowest BCUT2D eigenvalue weighted by Crippen LogP contribution is -2.56. The summed E-state index contributed by atoms with van der Waals surface area (Å²) in [5, 5.41) is 17.8. The highest BCUT2D eigenvalue weighted by atomic mass is 31.2. The number of H-pyrrole nitrogens is 1. The SMILES string of the molecule is CC(C)CC(NC(=O)[C@H](Cc1c[nH]cn1)NC(=O)[C@@H](Cc1cccc2cccnc12)NC(=O)OCc1ccccc1)P(=O)(O)CC(=O)O. The van der Waals surface area contributed by atoms with Crippen molar-refractivity contribution in [1.82, 2.24) is 30.9 Å². The third-order valence-corrected chi connectivity index (χ3v) is 9.45. The van der Waals surface area contributed by atoms with Crippen LogP contribution in [0.25, 0.3) is 10.9 Å². The van der Waals surface area contributed by atoms with Gasteiger partial charge in [-0.25, -0.2) is 9.78 Å². The number of carbonyl (C=O) groups is 4. The van der Waals surface area contributed by atoms with Gasteiger partial charge in [-0.05, 0) is 29.5 Å². The summed E-state index contributed by atoms with van der Waals surface area (Å²) in [6.45, 7) is 3.48. The highest BCUT2D eigenvalue weighted by Crippen LogP contribution is 2.47. The van der Waals surface area contributed by atoms with Crippen LogP contribution in [0, 0.1) is 5.92 Å². The average Bonchev–Trinajstić information content (AvgIpc) is 3.56. The predicted molar refractivity (Wildman–Crippen MR) is 177 cm³/mol. The van der Waals surface area contributed by atoms with Crippen molar-refractivity contribution in [3.8, 4) is 0 Å². The van der Waals surface area contributed by atoms with E-state index in [0.29, 0.717) is 16.8 Å². The van der Waals surface area contributed by atoms with E-state index in [9.17, 15) is 33.7 Å². The number of nitrogens with zero attached hydrogens (tertiary/aromatic N) is 2. The van der Waals surface area contributed by atoms with Crippen LogP contribution in [0.3, 0.4) is 0 Å². The number of para-hydroxylation sites is 1. The van der Waals surface area contributed by atoms with Gasteiger partial charge < -0.3 is 35.7 Å². The standard InChI is InChI=1S/C33H39N6O8P/c1-21(2)14-28(48(45,46)19-29(40)41)39-32(43)27(16-25-17-34-20-36-25)37-31(42)26(38-33(44)47-18-22-8-4-3-5-9-22)15-24-11-6-10-23-12-7-13-35-30(23)24/h3-13,17,20-21,26-28H,14-16,18-19H2,1-2H3,(H,34,36)(H,37,42)(H,38,44)(H,39,43)(H,40,41)(H,45,46)/t26-,27+,28?/m1/s1. The first-order valence-corrected chi connectivity index (χ1v) is 17.2. The second kappa shape index (κ2) is 16.7. The van der Waals surface area contributed by atoms with Crippen molar-refractivity contribution in [2.24, 2.45) is 5.92 Å². The van der Waals surface area contributed by atoms with Crippen LogP contribution in [0.2, 0.25) is 0 Å². The number of imidazole rings is 1. The van der Waals surface area contributed by atoms with E-state index in [-0.39, 0.29) is 31.8 Å². The molecular formula is C33H39N6O8P. The average molecular weight is 679 g/mol. The third kappa shape index (κ3) is 10.5. The lowest BCUT2D eigenvalue weighted by molar-refractivity contribution is -0.134. The molecule has 0 aliphatic rings. The first-order chi connectivity index (χ1) is 22.9. The van der Waals surface area contributed by atoms with Crippen molar-refractivity contribution in [1.29, 1.82) is 0 Å². The van der Waals surface area contributed by atoms with Gasteiger partial charge in [0.1, 0.15) is 30.6 Å². The number of pyridine rings is 1. The van der Waals surface area contributed by atoms with Crippen molar-refractivity contribution < 1.29 is 38.5 Å². The largest absolute Gasteiger partial charge is 0.481 e. The van der Waals surface area contributed by atoms with Crippen molar-refractivity contribution in [2.45, 2.75) is 57.6 Å². The molecule has 48 heavy (non-hydrogen) atoms. The zero-order valence-electron chi connectivity index (χ0n) is 26.5. The number of carboxylic acid groups (broad SMARTS) is 1. The third-order valence-electron chi connectivity index (χ3n) is 7.42. The van der Waals surface area contributed by atoms with Crippen molar-refractivity contribution >= 4 is 42.1 Å². The van der Waals surface area contributed by atoms with Gasteiger partial charge >= 0.3 is 12.1 Å². The lowest BCUT2D eigenvalue weighted by Gasteiger charge is -2.28. The molecule has 0 saturated carbocycles. The molecule has 2 heterocycles. The molecule has 14 nitrogen and oxygen atoms in total. The van der Waals surface area contributed by atoms with Gasteiger partial charge in [-0.15, -0.1) is 0 Å². The highest BCUT2D eigenvalue weighted by molar-refractivity contribution is 7.59. The monoisotopic (exact) mass is 678 g/mol. The maximum atomic E-state index is 14.0. The minimum absolute atomic E-state index is 0.0153. The van der Waals surface area contributed by atoms with E-state index in [1.807, 2.05) is 18.2 Å². The summed E-state index contributed by atoms with van der Waals surface area (Å²) in [6, 6.07) is 15.5. The second-order valence-electron chi connectivity index (χ2n) is 11.7. The molecule has 0 saturated heterocycles. The van der Waals surface area contributed by atoms with Gasteiger partial charge in [-0.1, -0.05) is 68.4 Å². The molecule has 0 spiro atoms. The molecule has 3 amide bonds. The fourth-order valence-electron chi connectivity index (χ4n) is 5.10. The Hall–Kier alpha value is -5.07. The van der Waals surface area contributed by atoms with Crippen molar-refractivity contribution in [3.63, 3.8) is 0 Å². The number of nitrogens with one attached hydrogen (secondary N) is 4. The van der Waals surface area contributed by atoms with Crippen LogP contribution in [-0.4, -0.2) is 72.9 Å². The van der Waals surface area contributed by atoms with E-state index < -0.39 is 55.3 Å². The number of aliphatic carboxylic acids is 1. The molecule has 4 rings (SSSR count). The molecule has 6 N–H and O–H groups in total. The number of benzene rings is 2. The van der Waals surface area contributed by atoms with Crippen LogP contribution in [0.15, 0.2) is 79.4 Å². The quantitative estimate of drug-likeness (QED) is 0.0951. The Balaban J connectivity index is 1.60. The van der Waals surface area contributed by atoms with E-state index in [1.54, 1.807) is 62.5 Å². The number of hydrogen-bond donors (Lipinski definition) is 6. The van der Waals surface area contributed by atoms with E-state index >= 15 is 0 Å². The highest BCUT2D eigenvalue weighted by Gasteiger charge is 2.37. The molecule has 254 valence electrons. The van der Waals surface area contributed by atoms with Gasteiger partial charge in [-0.3, -0.25) is 23.9 Å². The number of carboxylic acids is 1. The van der Waals surface area contributed by atoms with Crippen LogP contribution < -0.4 is 16.0 Å². The van der Waals surface area contributed by atoms with Crippen LogP contribution in [-0.2, 0) is 43.1 Å². The zero-order chi connectivity index (χ0) is 34.7. The minimum atomic E-state index is -4.40. The van der Waals surface area contributed by atoms with Crippen LogP contribution in [0.5, 0.6) is 0 Å². The topological polar surface area (TPSA) is 213 Å². The maximum Gasteiger partial charge on any atom is 0.408 e. The fraction of sp³-hybridized carbons (Fsp3) is 0.333. The number of amides is 3. The Kier molecular flexibility index (Phi) is 12.4. The molecule has 2 aromatic carbocycles. The van der Waals surface area contributed by atoms with E-state index in [2.05, 4.69) is 30.9 Å². The molecule has 2 aromatic heterocycles. The summed E-state index contributed by atoms with van der Waals surface area (Å²) in [5.41, 5.74) is 2.41. The lowest BCUT2D eigenvalue weighted by atomic mass is 10.0. The first kappa shape index (κ1) is 35.8. The molecule has 15 heteroatoms. The van der Waals surface area contributed by atoms with Crippen molar-refractivity contribution in [3.05, 3.63) is 96.2 Å². The number of fused-ring (bicyclic) bond motifs is 1. The molecule has 0 fully saturated rings. The number of rotatable bonds is 16. The van der Waals surface area contributed by atoms with Gasteiger partial charge in [-0.2, -0.15) is 0 Å². The Morgan fingerprint density at radius 3 is 2.29 bits per heavy atom. The van der Waals surface area contributed by atoms with Gasteiger partial charge in [0, 0.05) is 30.6 Å². The molecule has 0 aliphatic carbocycles. The van der Waals surface area contributed by atoms with E-state index in [1.165, 1.54) is 12.5 Å². The fourth-order valence-corrected chi connectivity index (χ4v) is 6.79. The van der Waals surface area contributed by atoms with Gasteiger partial charge in [0.15, 0.2) is 0 Å². The number of ether oxygens (including phenoxy) is 1. The number of alkyl carbamates (subject to hydrolysis) is 1. The zero-order valence-corrected chi connectivity index (χ0v) is 27.4. The molecule has 0 radical (unpaired) electrons. The number of aromatic nitrogens is 3. The molecular weight excluding hydrogens is 639 g/mol. The van der Waals surface area contributed by atoms with E-state index in [0.717, 1.165) is 10.9 Å². The minimum Gasteiger partial charge on any atom is -0.481 e. The molecule has 4 aromatic rings. The summed E-state index contributed by atoms with van der Waals surface area (Å²) in [4.78, 5) is 74.0. The second-order valence-corrected chi connectivity index (χ2v) is 14.2. The Bertz CT molecular complexity index is 1750. The van der Waals surface area contributed by atoms with Crippen LogP contribution >= 0.6 is 7.37 Å². The molecule has 4 atom stereocenters. The van der Waals surface area contributed by atoms with Crippen LogP contribution in [0.1, 0.15) is 37.1 Å². The molecule has 0 bridgehead atoms. The smallest absolute Gasteiger partial charge is 0.408 e. The number of carbonyl (C=O) groups excluding carboxylic acids is 3. The Morgan fingerprint density at radius 2 is 1.60 bits per heavy atom. The first-order valence-electron chi connectivity index (χ1n) is 15.3. The maximum absolute atomic E-state index is 14.0. The Morgan fingerprint density at radius 1 is 0.896 bits per heavy atom.